The van der Waals surface area contributed by atoms with Gasteiger partial charge in [-0.15, -0.1) is 0 Å². The molecule has 0 amide bonds. The lowest BCUT2D eigenvalue weighted by atomic mass is 10.1. The number of ether oxygens (including phenoxy) is 4. The van der Waals surface area contributed by atoms with Crippen molar-refractivity contribution in [1.82, 2.24) is 0 Å². The van der Waals surface area contributed by atoms with Crippen molar-refractivity contribution >= 4 is 7.82 Å². The number of hydrogen-bond donors (Lipinski definition) is 1. The van der Waals surface area contributed by atoms with Crippen molar-refractivity contribution in [2.24, 2.45) is 5.73 Å². The van der Waals surface area contributed by atoms with Gasteiger partial charge in [-0.25, -0.2) is 0 Å². The van der Waals surface area contributed by atoms with E-state index >= 15 is 0 Å². The Bertz CT molecular complexity index is 601. The van der Waals surface area contributed by atoms with Crippen LogP contribution in [0.5, 0.6) is 0 Å². The van der Waals surface area contributed by atoms with Gasteiger partial charge in [0.05, 0.1) is 43.2 Å². The first-order valence-electron chi connectivity index (χ1n) is 10.1. The lowest BCUT2D eigenvalue weighted by Gasteiger charge is -2.32. The van der Waals surface area contributed by atoms with E-state index in [1.54, 1.807) is 6.92 Å². The summed E-state index contributed by atoms with van der Waals surface area (Å²) in [4.78, 5) is 12.6. The summed E-state index contributed by atoms with van der Waals surface area (Å²) in [7, 11) is -4.78. The number of nitrogens with two attached hydrogens (primary N) is 1. The average Bonchev–Trinajstić information content (AvgIpc) is 3.06. The fourth-order valence-corrected chi connectivity index (χ4v) is 4.50. The van der Waals surface area contributed by atoms with E-state index in [0.717, 1.165) is 0 Å². The summed E-state index contributed by atoms with van der Waals surface area (Å²) in [5.74, 6) is -0.0751. The van der Waals surface area contributed by atoms with Crippen LogP contribution in [0.15, 0.2) is 12.3 Å². The minimum atomic E-state index is -4.78. The molecule has 2 aliphatic rings. The van der Waals surface area contributed by atoms with Gasteiger partial charge in [0.15, 0.2) is 0 Å². The fraction of sp³-hybridized carbons (Fsp3) is 0.895. The summed E-state index contributed by atoms with van der Waals surface area (Å²) >= 11 is 0. The number of phosphoric acid groups is 1. The topological polar surface area (TPSA) is 122 Å². The van der Waals surface area contributed by atoms with Crippen molar-refractivity contribution in [2.75, 3.05) is 6.61 Å². The zero-order chi connectivity index (χ0) is 21.9. The highest BCUT2D eigenvalue weighted by molar-refractivity contribution is 7.46. The highest BCUT2D eigenvalue weighted by Crippen LogP contribution is 2.46. The molecule has 0 saturated carbocycles. The molecule has 0 aliphatic carbocycles. The molecule has 2 rings (SSSR count). The van der Waals surface area contributed by atoms with Crippen LogP contribution in [-0.4, -0.2) is 61.5 Å². The molecular formula is C19H35NO8P-. The third-order valence-corrected chi connectivity index (χ3v) is 5.76. The molecule has 2 heterocycles. The van der Waals surface area contributed by atoms with Crippen LogP contribution in [0.25, 0.3) is 0 Å². The van der Waals surface area contributed by atoms with Crippen molar-refractivity contribution < 1.29 is 37.5 Å². The Labute approximate surface area is 173 Å². The molecule has 9 nitrogen and oxygen atoms in total. The molecule has 2 aliphatic heterocycles. The molecule has 0 bridgehead atoms. The summed E-state index contributed by atoms with van der Waals surface area (Å²) in [6, 6.07) is -0.644. The van der Waals surface area contributed by atoms with Crippen LogP contribution in [0, 0.1) is 0 Å². The monoisotopic (exact) mass is 436 g/mol. The number of rotatable bonds is 10. The number of phosphoric ester groups is 1. The Balaban J connectivity index is 2.01. The van der Waals surface area contributed by atoms with Gasteiger partial charge in [-0.05, 0) is 41.5 Å². The van der Waals surface area contributed by atoms with E-state index < -0.39 is 32.2 Å². The first kappa shape index (κ1) is 24.8. The Morgan fingerprint density at radius 1 is 1.24 bits per heavy atom. The van der Waals surface area contributed by atoms with E-state index in [-0.39, 0.29) is 42.9 Å². The lowest BCUT2D eigenvalue weighted by Crippen LogP contribution is -2.43. The lowest BCUT2D eigenvalue weighted by molar-refractivity contribution is -0.230. The predicted molar refractivity (Wildman–Crippen MR) is 105 cm³/mol. The SMILES string of the molecule is C=C(OP(=O)([O-])O[C@@H]1C(N)[C@H](C)O[C@@H]1COC(C)C)[C@H]1O[C@@H](C)C[C@H]1OC(C)C. The molecule has 0 radical (unpaired) electrons. The van der Waals surface area contributed by atoms with E-state index in [4.69, 9.17) is 33.7 Å². The van der Waals surface area contributed by atoms with Crippen molar-refractivity contribution in [2.45, 2.75) is 103 Å². The van der Waals surface area contributed by atoms with Gasteiger partial charge < -0.3 is 38.6 Å². The molecule has 0 aromatic rings. The van der Waals surface area contributed by atoms with Gasteiger partial charge in [0, 0.05) is 6.42 Å². The maximum Gasteiger partial charge on any atom is 0.319 e. The van der Waals surface area contributed by atoms with Gasteiger partial charge in [-0.1, -0.05) is 6.58 Å². The summed E-state index contributed by atoms with van der Waals surface area (Å²) in [6.45, 7) is 15.1. The van der Waals surface area contributed by atoms with Gasteiger partial charge in [0.1, 0.15) is 24.1 Å². The molecule has 2 N–H and O–H groups in total. The Kier molecular flexibility index (Phi) is 8.71. The zero-order valence-electron chi connectivity index (χ0n) is 18.1. The van der Waals surface area contributed by atoms with Gasteiger partial charge in [-0.2, -0.15) is 0 Å². The third kappa shape index (κ3) is 7.01. The summed E-state index contributed by atoms with van der Waals surface area (Å²) in [5.41, 5.74) is 6.09. The van der Waals surface area contributed by atoms with Crippen LogP contribution in [0.4, 0.5) is 0 Å². The minimum Gasteiger partial charge on any atom is -0.746 e. The van der Waals surface area contributed by atoms with Crippen LogP contribution in [-0.2, 0) is 32.6 Å². The molecule has 0 aromatic heterocycles. The fourth-order valence-electron chi connectivity index (χ4n) is 3.49. The Morgan fingerprint density at radius 2 is 1.90 bits per heavy atom. The minimum absolute atomic E-state index is 0.0409. The first-order chi connectivity index (χ1) is 13.4. The zero-order valence-corrected chi connectivity index (χ0v) is 19.0. The largest absolute Gasteiger partial charge is 0.746 e. The van der Waals surface area contributed by atoms with Crippen molar-refractivity contribution in [3.8, 4) is 0 Å². The van der Waals surface area contributed by atoms with Gasteiger partial charge in [0.25, 0.3) is 0 Å². The molecule has 0 spiro atoms. The second-order valence-corrected chi connectivity index (χ2v) is 9.53. The molecule has 0 aromatic carbocycles. The summed E-state index contributed by atoms with van der Waals surface area (Å²) in [6.07, 6.45) is -2.56. The normalized spacial score (nSPS) is 37.2. The van der Waals surface area contributed by atoms with E-state index in [2.05, 4.69) is 6.58 Å². The predicted octanol–water partition coefficient (Wildman–Crippen LogP) is 1.88. The van der Waals surface area contributed by atoms with Gasteiger partial charge in [0.2, 0.25) is 0 Å². The second-order valence-electron chi connectivity index (χ2n) is 8.24. The van der Waals surface area contributed by atoms with Crippen LogP contribution >= 0.6 is 7.82 Å². The van der Waals surface area contributed by atoms with Crippen LogP contribution in [0.1, 0.15) is 48.0 Å². The number of hydrogen-bond acceptors (Lipinski definition) is 9. The third-order valence-electron chi connectivity index (χ3n) is 4.80. The van der Waals surface area contributed by atoms with E-state index in [1.165, 1.54) is 0 Å². The molecular weight excluding hydrogens is 401 g/mol. The van der Waals surface area contributed by atoms with Crippen molar-refractivity contribution in [3.63, 3.8) is 0 Å². The molecule has 170 valence electrons. The Hall–Kier alpha value is -0.510. The van der Waals surface area contributed by atoms with E-state index in [0.29, 0.717) is 6.42 Å². The second kappa shape index (κ2) is 10.2. The maximum atomic E-state index is 12.6. The molecule has 8 atom stereocenters. The maximum absolute atomic E-state index is 12.6. The first-order valence-corrected chi connectivity index (χ1v) is 11.6. The average molecular weight is 436 g/mol. The quantitative estimate of drug-likeness (QED) is 0.404. The molecule has 2 saturated heterocycles. The van der Waals surface area contributed by atoms with Crippen LogP contribution < -0.4 is 10.6 Å². The van der Waals surface area contributed by atoms with Crippen molar-refractivity contribution in [3.05, 3.63) is 12.3 Å². The van der Waals surface area contributed by atoms with Crippen LogP contribution in [0.3, 0.4) is 0 Å². The highest BCUT2D eigenvalue weighted by Gasteiger charge is 2.44. The summed E-state index contributed by atoms with van der Waals surface area (Å²) in [5, 5.41) is 0. The summed E-state index contributed by atoms with van der Waals surface area (Å²) < 4.78 is 45.8. The van der Waals surface area contributed by atoms with E-state index in [9.17, 15) is 9.46 Å². The molecule has 2 unspecified atom stereocenters. The molecule has 29 heavy (non-hydrogen) atoms. The molecule has 2 fully saturated rings. The van der Waals surface area contributed by atoms with Crippen molar-refractivity contribution in [1.29, 1.82) is 0 Å². The Morgan fingerprint density at radius 3 is 2.48 bits per heavy atom. The van der Waals surface area contributed by atoms with Gasteiger partial charge in [-0.3, -0.25) is 4.57 Å². The molecule has 10 heteroatoms. The standard InChI is InChI=1S/C19H36NO8P/c1-10(2)23-9-16-19(17(20)13(6)26-16)28-29(21,22)27-14(7)18-15(24-11(3)4)8-12(5)25-18/h10-13,15-19H,7-9,20H2,1-6H3,(H,21,22)/p-1/t12-,13-,15+,16+,17?,18+,19-/m0/s1. The smallest absolute Gasteiger partial charge is 0.319 e. The van der Waals surface area contributed by atoms with E-state index in [1.807, 2.05) is 34.6 Å². The van der Waals surface area contributed by atoms with Gasteiger partial charge >= 0.3 is 7.82 Å². The highest BCUT2D eigenvalue weighted by atomic mass is 31.2. The van der Waals surface area contributed by atoms with Crippen LogP contribution in [0.2, 0.25) is 0 Å².